The summed E-state index contributed by atoms with van der Waals surface area (Å²) in [6.07, 6.45) is 5.05. The predicted octanol–water partition coefficient (Wildman–Crippen LogP) is 5.96. The molecule has 3 N–H and O–H groups in total. The maximum absolute atomic E-state index is 9.80. The number of hydrogen-bond donors (Lipinski definition) is 2. The molecule has 0 atom stereocenters. The van der Waals surface area contributed by atoms with Gasteiger partial charge in [-0.15, -0.1) is 0 Å². The monoisotopic (exact) mass is 555 g/mol. The molecule has 0 radical (unpaired) electrons. The van der Waals surface area contributed by atoms with Gasteiger partial charge in [0, 0.05) is 7.14 Å². The van der Waals surface area contributed by atoms with Crippen LogP contribution in [-0.2, 0) is 19.3 Å². The Morgan fingerprint density at radius 1 is 1.00 bits per heavy atom. The van der Waals surface area contributed by atoms with Crippen LogP contribution in [0.5, 0.6) is 5.75 Å². The van der Waals surface area contributed by atoms with E-state index in [0.29, 0.717) is 5.02 Å². The zero-order chi connectivity index (χ0) is 17.0. The van der Waals surface area contributed by atoms with Gasteiger partial charge in [-0.25, -0.2) is 0 Å². The number of aryl methyl sites for hydroxylation is 3. The van der Waals surface area contributed by atoms with Crippen LogP contribution >= 0.6 is 56.8 Å². The Bertz CT molecular complexity index is 681. The number of phenolic OH excluding ortho intramolecular Hbond substituents is 1. The number of hydrogen-bond acceptors (Lipinski definition) is 2. The number of benzene rings is 2. The van der Waals surface area contributed by atoms with E-state index in [2.05, 4.69) is 64.2 Å². The van der Waals surface area contributed by atoms with Crippen molar-refractivity contribution in [2.75, 3.05) is 5.73 Å². The van der Waals surface area contributed by atoms with Crippen LogP contribution in [0.2, 0.25) is 5.02 Å². The average Bonchev–Trinajstić information content (AvgIpc) is 2.49. The minimum atomic E-state index is 0.182. The standard InChI is InChI=1S/C18H20ClI2NO/c1-2-4-12-10-17(23)14(19)9-13(12)6-3-5-11-7-15(20)18(22)16(21)8-11/h7-10,23H,2-6,22H2,1H3. The summed E-state index contributed by atoms with van der Waals surface area (Å²) in [5, 5.41) is 10.2. The van der Waals surface area contributed by atoms with Crippen LogP contribution in [0, 0.1) is 7.14 Å². The molecule has 0 aliphatic rings. The van der Waals surface area contributed by atoms with Crippen molar-refractivity contribution in [1.82, 2.24) is 0 Å². The van der Waals surface area contributed by atoms with Crippen LogP contribution < -0.4 is 5.73 Å². The lowest BCUT2D eigenvalue weighted by Crippen LogP contribution is -1.99. The smallest absolute Gasteiger partial charge is 0.134 e. The largest absolute Gasteiger partial charge is 0.506 e. The van der Waals surface area contributed by atoms with E-state index in [-0.39, 0.29) is 5.75 Å². The third-order valence-electron chi connectivity index (χ3n) is 3.84. The summed E-state index contributed by atoms with van der Waals surface area (Å²) >= 11 is 10.7. The lowest BCUT2D eigenvalue weighted by Gasteiger charge is -2.12. The molecule has 0 aliphatic carbocycles. The molecule has 0 fully saturated rings. The molecule has 0 aromatic heterocycles. The first-order valence-corrected chi connectivity index (χ1v) is 10.2. The fraction of sp³-hybridized carbons (Fsp3) is 0.333. The van der Waals surface area contributed by atoms with E-state index in [1.54, 1.807) is 0 Å². The number of halogens is 3. The van der Waals surface area contributed by atoms with Crippen molar-refractivity contribution in [2.45, 2.75) is 39.0 Å². The molecule has 5 heteroatoms. The van der Waals surface area contributed by atoms with E-state index >= 15 is 0 Å². The number of nitrogen functional groups attached to an aromatic ring is 1. The molecule has 124 valence electrons. The van der Waals surface area contributed by atoms with Gasteiger partial charge in [0.15, 0.2) is 0 Å². The molecule has 2 nitrogen and oxygen atoms in total. The van der Waals surface area contributed by atoms with Crippen LogP contribution in [0.15, 0.2) is 24.3 Å². The number of phenols is 1. The SMILES string of the molecule is CCCc1cc(O)c(Cl)cc1CCCc1cc(I)c(N)c(I)c1. The highest BCUT2D eigenvalue weighted by atomic mass is 127. The first-order valence-electron chi connectivity index (χ1n) is 7.66. The van der Waals surface area contributed by atoms with Gasteiger partial charge in [-0.2, -0.15) is 0 Å². The van der Waals surface area contributed by atoms with Crippen LogP contribution in [0.4, 0.5) is 5.69 Å². The minimum Gasteiger partial charge on any atom is -0.506 e. The summed E-state index contributed by atoms with van der Waals surface area (Å²) < 4.78 is 2.23. The Hall–Kier alpha value is -0.210. The Morgan fingerprint density at radius 2 is 1.61 bits per heavy atom. The highest BCUT2D eigenvalue weighted by molar-refractivity contribution is 14.1. The van der Waals surface area contributed by atoms with E-state index in [4.69, 9.17) is 17.3 Å². The van der Waals surface area contributed by atoms with Gasteiger partial charge in [0.05, 0.1) is 10.7 Å². The van der Waals surface area contributed by atoms with Gasteiger partial charge in [0.25, 0.3) is 0 Å². The fourth-order valence-electron chi connectivity index (χ4n) is 2.65. The third-order valence-corrected chi connectivity index (χ3v) is 5.93. The zero-order valence-corrected chi connectivity index (χ0v) is 18.1. The summed E-state index contributed by atoms with van der Waals surface area (Å²) in [7, 11) is 0. The van der Waals surface area contributed by atoms with Crippen LogP contribution in [0.3, 0.4) is 0 Å². The van der Waals surface area contributed by atoms with Crippen molar-refractivity contribution in [3.63, 3.8) is 0 Å². The molecular weight excluding hydrogens is 535 g/mol. The highest BCUT2D eigenvalue weighted by Crippen LogP contribution is 2.29. The molecule has 0 heterocycles. The number of aromatic hydroxyl groups is 1. The van der Waals surface area contributed by atoms with Crippen molar-refractivity contribution in [3.8, 4) is 5.75 Å². The topological polar surface area (TPSA) is 46.2 Å². The summed E-state index contributed by atoms with van der Waals surface area (Å²) in [6.45, 7) is 2.15. The normalized spacial score (nSPS) is 11.0. The molecule has 0 bridgehead atoms. The van der Waals surface area contributed by atoms with E-state index in [1.165, 1.54) is 16.7 Å². The highest BCUT2D eigenvalue weighted by Gasteiger charge is 2.09. The van der Waals surface area contributed by atoms with E-state index < -0.39 is 0 Å². The summed E-state index contributed by atoms with van der Waals surface area (Å²) in [4.78, 5) is 0. The molecule has 0 amide bonds. The van der Waals surface area contributed by atoms with E-state index in [9.17, 15) is 5.11 Å². The van der Waals surface area contributed by atoms with Gasteiger partial charge in [0.1, 0.15) is 5.75 Å². The molecule has 0 spiro atoms. The summed E-state index contributed by atoms with van der Waals surface area (Å²) in [6, 6.07) is 8.05. The van der Waals surface area contributed by atoms with Gasteiger partial charge in [0.2, 0.25) is 0 Å². The van der Waals surface area contributed by atoms with Gasteiger partial charge in [-0.05, 0) is 112 Å². The Balaban J connectivity index is 2.08. The van der Waals surface area contributed by atoms with Gasteiger partial charge >= 0.3 is 0 Å². The molecule has 23 heavy (non-hydrogen) atoms. The fourth-order valence-corrected chi connectivity index (χ4v) is 4.73. The number of rotatable bonds is 6. The maximum Gasteiger partial charge on any atom is 0.134 e. The van der Waals surface area contributed by atoms with Gasteiger partial charge in [-0.3, -0.25) is 0 Å². The summed E-state index contributed by atoms with van der Waals surface area (Å²) in [5.41, 5.74) is 10.6. The van der Waals surface area contributed by atoms with Crippen molar-refractivity contribution in [2.24, 2.45) is 0 Å². The minimum absolute atomic E-state index is 0.182. The van der Waals surface area contributed by atoms with Crippen molar-refractivity contribution in [3.05, 3.63) is 53.1 Å². The third kappa shape index (κ3) is 5.13. The molecule has 2 aromatic carbocycles. The number of anilines is 1. The van der Waals surface area contributed by atoms with Crippen molar-refractivity contribution >= 4 is 62.5 Å². The lowest BCUT2D eigenvalue weighted by atomic mass is 9.97. The Morgan fingerprint density at radius 3 is 2.22 bits per heavy atom. The Labute approximate surface area is 170 Å². The zero-order valence-electron chi connectivity index (χ0n) is 13.0. The lowest BCUT2D eigenvalue weighted by molar-refractivity contribution is 0.474. The second-order valence-electron chi connectivity index (χ2n) is 5.65. The Kier molecular flexibility index (Phi) is 7.28. The molecule has 0 saturated carbocycles. The summed E-state index contributed by atoms with van der Waals surface area (Å²) in [5.74, 6) is 0.182. The first-order chi connectivity index (χ1) is 10.9. The van der Waals surface area contributed by atoms with Crippen molar-refractivity contribution in [1.29, 1.82) is 0 Å². The van der Waals surface area contributed by atoms with Crippen LogP contribution in [-0.4, -0.2) is 5.11 Å². The van der Waals surface area contributed by atoms with Crippen molar-refractivity contribution < 1.29 is 5.11 Å². The molecular formula is C18H20ClI2NO. The maximum atomic E-state index is 9.80. The molecule has 2 aromatic rings. The molecule has 0 aliphatic heterocycles. The molecule has 0 unspecified atom stereocenters. The second-order valence-corrected chi connectivity index (χ2v) is 8.38. The number of nitrogens with two attached hydrogens (primary N) is 1. The first kappa shape index (κ1) is 19.1. The predicted molar refractivity (Wildman–Crippen MR) is 115 cm³/mol. The molecule has 2 rings (SSSR count). The van der Waals surface area contributed by atoms with Crippen LogP contribution in [0.25, 0.3) is 0 Å². The average molecular weight is 556 g/mol. The second kappa shape index (κ2) is 8.76. The van der Waals surface area contributed by atoms with Gasteiger partial charge in [-0.1, -0.05) is 24.9 Å². The van der Waals surface area contributed by atoms with E-state index in [0.717, 1.165) is 44.9 Å². The van der Waals surface area contributed by atoms with Gasteiger partial charge < -0.3 is 10.8 Å². The van der Waals surface area contributed by atoms with E-state index in [1.807, 2.05) is 12.1 Å². The molecule has 0 saturated heterocycles. The quantitative estimate of drug-likeness (QED) is 0.341. The van der Waals surface area contributed by atoms with Crippen LogP contribution in [0.1, 0.15) is 36.5 Å².